The average Bonchev–Trinajstić information content (AvgIpc) is 2.38. The van der Waals surface area contributed by atoms with Crippen LogP contribution in [-0.2, 0) is 10.0 Å². The first-order valence-electron chi connectivity index (χ1n) is 5.85. The first-order chi connectivity index (χ1) is 9.30. The van der Waals surface area contributed by atoms with Crippen molar-refractivity contribution in [3.05, 3.63) is 34.1 Å². The Morgan fingerprint density at radius 2 is 2.10 bits per heavy atom. The zero-order valence-electron chi connectivity index (χ0n) is 11.2. The number of rotatable bonds is 7. The predicted molar refractivity (Wildman–Crippen MR) is 71.4 cm³/mol. The summed E-state index contributed by atoms with van der Waals surface area (Å²) < 4.78 is 38.5. The Hall–Kier alpha value is -1.58. The Morgan fingerprint density at radius 1 is 1.45 bits per heavy atom. The Kier molecular flexibility index (Phi) is 5.54. The molecule has 1 aromatic carbocycles. The molecule has 1 rings (SSSR count). The van der Waals surface area contributed by atoms with Crippen molar-refractivity contribution < 1.29 is 17.7 Å². The van der Waals surface area contributed by atoms with Crippen LogP contribution in [0.5, 0.6) is 0 Å². The fourth-order valence-corrected chi connectivity index (χ4v) is 2.96. The maximum atomic E-state index is 13.0. The van der Waals surface area contributed by atoms with Crippen LogP contribution in [0, 0.1) is 15.9 Å². The van der Waals surface area contributed by atoms with E-state index in [0.29, 0.717) is 19.0 Å². The van der Waals surface area contributed by atoms with Gasteiger partial charge in [-0.25, -0.2) is 17.1 Å². The fraction of sp³-hybridized carbons (Fsp3) is 0.455. The monoisotopic (exact) mass is 305 g/mol. The van der Waals surface area contributed by atoms with Crippen molar-refractivity contribution in [1.29, 1.82) is 0 Å². The second kappa shape index (κ2) is 6.73. The van der Waals surface area contributed by atoms with Gasteiger partial charge in [-0.3, -0.25) is 10.1 Å². The SMILES string of the molecule is CNCCCN(C)S(=O)(=O)c1ccc(F)cc1[N+](=O)[O-]. The molecule has 1 aromatic rings. The van der Waals surface area contributed by atoms with E-state index in [2.05, 4.69) is 5.32 Å². The summed E-state index contributed by atoms with van der Waals surface area (Å²) in [6.07, 6.45) is 0.557. The third-order valence-electron chi connectivity index (χ3n) is 2.71. The number of hydrogen-bond donors (Lipinski definition) is 1. The van der Waals surface area contributed by atoms with Crippen molar-refractivity contribution in [3.63, 3.8) is 0 Å². The van der Waals surface area contributed by atoms with Gasteiger partial charge in [-0.15, -0.1) is 0 Å². The first-order valence-corrected chi connectivity index (χ1v) is 7.29. The Morgan fingerprint density at radius 3 is 2.65 bits per heavy atom. The van der Waals surface area contributed by atoms with Crippen molar-refractivity contribution in [2.24, 2.45) is 0 Å². The second-order valence-electron chi connectivity index (χ2n) is 4.15. The Balaban J connectivity index is 3.12. The van der Waals surface area contributed by atoms with E-state index in [1.54, 1.807) is 7.05 Å². The molecule has 0 unspecified atom stereocenters. The van der Waals surface area contributed by atoms with Gasteiger partial charge in [0, 0.05) is 13.6 Å². The zero-order chi connectivity index (χ0) is 15.3. The highest BCUT2D eigenvalue weighted by atomic mass is 32.2. The standard InChI is InChI=1S/C11H16FN3O4S/c1-13-6-3-7-14(2)20(18,19)11-5-4-9(12)8-10(11)15(16)17/h4-5,8,13H,3,6-7H2,1-2H3. The third-order valence-corrected chi connectivity index (χ3v) is 4.61. The summed E-state index contributed by atoms with van der Waals surface area (Å²) in [6.45, 7) is 0.822. The van der Waals surface area contributed by atoms with E-state index in [1.165, 1.54) is 7.05 Å². The maximum absolute atomic E-state index is 13.0. The van der Waals surface area contributed by atoms with Crippen molar-refractivity contribution in [2.45, 2.75) is 11.3 Å². The molecule has 0 fully saturated rings. The summed E-state index contributed by atoms with van der Waals surface area (Å²) in [5, 5.41) is 13.7. The van der Waals surface area contributed by atoms with Gasteiger partial charge in [0.1, 0.15) is 5.82 Å². The van der Waals surface area contributed by atoms with E-state index in [4.69, 9.17) is 0 Å². The highest BCUT2D eigenvalue weighted by Crippen LogP contribution is 2.26. The van der Waals surface area contributed by atoms with Crippen LogP contribution < -0.4 is 5.32 Å². The third kappa shape index (κ3) is 3.71. The molecule has 0 spiro atoms. The smallest absolute Gasteiger partial charge is 0.292 e. The van der Waals surface area contributed by atoms with E-state index in [-0.39, 0.29) is 6.54 Å². The fourth-order valence-electron chi connectivity index (χ4n) is 1.62. The number of nitro benzene ring substituents is 1. The van der Waals surface area contributed by atoms with Crippen molar-refractivity contribution >= 4 is 15.7 Å². The lowest BCUT2D eigenvalue weighted by Gasteiger charge is -2.17. The molecular formula is C11H16FN3O4S. The van der Waals surface area contributed by atoms with Gasteiger partial charge >= 0.3 is 0 Å². The number of benzene rings is 1. The largest absolute Gasteiger partial charge is 0.320 e. The van der Waals surface area contributed by atoms with E-state index < -0.39 is 31.3 Å². The van der Waals surface area contributed by atoms with Gasteiger partial charge in [0.25, 0.3) is 5.69 Å². The zero-order valence-corrected chi connectivity index (χ0v) is 12.0. The van der Waals surface area contributed by atoms with E-state index in [1.807, 2.05) is 0 Å². The molecule has 0 atom stereocenters. The average molecular weight is 305 g/mol. The highest BCUT2D eigenvalue weighted by Gasteiger charge is 2.29. The summed E-state index contributed by atoms with van der Waals surface area (Å²) in [5.74, 6) is -0.853. The lowest BCUT2D eigenvalue weighted by Crippen LogP contribution is -2.30. The molecule has 9 heteroatoms. The molecule has 7 nitrogen and oxygen atoms in total. The molecule has 0 aliphatic heterocycles. The number of sulfonamides is 1. The van der Waals surface area contributed by atoms with Gasteiger partial charge in [-0.2, -0.15) is 0 Å². The van der Waals surface area contributed by atoms with Crippen LogP contribution in [0.2, 0.25) is 0 Å². The van der Waals surface area contributed by atoms with E-state index in [0.717, 1.165) is 16.4 Å². The molecule has 0 heterocycles. The minimum atomic E-state index is -4.01. The molecule has 1 N–H and O–H groups in total. The van der Waals surface area contributed by atoms with Crippen LogP contribution >= 0.6 is 0 Å². The molecule has 112 valence electrons. The molecule has 0 aromatic heterocycles. The Bertz CT molecular complexity index is 591. The highest BCUT2D eigenvalue weighted by molar-refractivity contribution is 7.89. The summed E-state index contributed by atoms with van der Waals surface area (Å²) >= 11 is 0. The minimum Gasteiger partial charge on any atom is -0.320 e. The van der Waals surface area contributed by atoms with Gasteiger partial charge < -0.3 is 5.32 Å². The maximum Gasteiger partial charge on any atom is 0.292 e. The van der Waals surface area contributed by atoms with Crippen molar-refractivity contribution in [1.82, 2.24) is 9.62 Å². The number of nitro groups is 1. The molecule has 0 aliphatic rings. The van der Waals surface area contributed by atoms with Gasteiger partial charge in [-0.1, -0.05) is 0 Å². The van der Waals surface area contributed by atoms with Gasteiger partial charge in [0.2, 0.25) is 10.0 Å². The van der Waals surface area contributed by atoms with Crippen LogP contribution in [0.15, 0.2) is 23.1 Å². The van der Waals surface area contributed by atoms with Gasteiger partial charge in [0.05, 0.1) is 11.0 Å². The number of nitrogens with one attached hydrogen (secondary N) is 1. The normalized spacial score (nSPS) is 11.8. The van der Waals surface area contributed by atoms with Crippen LogP contribution in [0.3, 0.4) is 0 Å². The predicted octanol–water partition coefficient (Wildman–Crippen LogP) is 0.964. The molecule has 0 saturated heterocycles. The van der Waals surface area contributed by atoms with Crippen LogP contribution in [0.25, 0.3) is 0 Å². The second-order valence-corrected chi connectivity index (χ2v) is 6.17. The molecular weight excluding hydrogens is 289 g/mol. The lowest BCUT2D eigenvalue weighted by atomic mass is 10.3. The van der Waals surface area contributed by atoms with Crippen LogP contribution in [-0.4, -0.2) is 44.8 Å². The molecule has 0 bridgehead atoms. The first kappa shape index (κ1) is 16.5. The number of halogens is 1. The quantitative estimate of drug-likeness (QED) is 0.460. The van der Waals surface area contributed by atoms with Crippen molar-refractivity contribution in [3.8, 4) is 0 Å². The number of nitrogens with zero attached hydrogens (tertiary/aromatic N) is 2. The van der Waals surface area contributed by atoms with E-state index >= 15 is 0 Å². The molecule has 20 heavy (non-hydrogen) atoms. The minimum absolute atomic E-state index is 0.206. The van der Waals surface area contributed by atoms with E-state index in [9.17, 15) is 22.9 Å². The molecule has 0 radical (unpaired) electrons. The summed E-state index contributed by atoms with van der Waals surface area (Å²) in [4.78, 5) is 9.44. The summed E-state index contributed by atoms with van der Waals surface area (Å²) in [5.41, 5.74) is -0.759. The van der Waals surface area contributed by atoms with Gasteiger partial charge in [-0.05, 0) is 32.1 Å². The van der Waals surface area contributed by atoms with Crippen LogP contribution in [0.4, 0.5) is 10.1 Å². The topological polar surface area (TPSA) is 92.6 Å². The lowest BCUT2D eigenvalue weighted by molar-refractivity contribution is -0.388. The molecule has 0 aliphatic carbocycles. The summed E-state index contributed by atoms with van der Waals surface area (Å²) in [7, 11) is -0.948. The van der Waals surface area contributed by atoms with Gasteiger partial charge in [0.15, 0.2) is 4.90 Å². The summed E-state index contributed by atoms with van der Waals surface area (Å²) in [6, 6.07) is 2.41. The Labute approximate surface area is 116 Å². The molecule has 0 saturated carbocycles. The number of hydrogen-bond acceptors (Lipinski definition) is 5. The van der Waals surface area contributed by atoms with Crippen molar-refractivity contribution in [2.75, 3.05) is 27.2 Å². The van der Waals surface area contributed by atoms with Crippen LogP contribution in [0.1, 0.15) is 6.42 Å². The molecule has 0 amide bonds.